The molecule has 0 aromatic heterocycles. The van der Waals surface area contributed by atoms with Gasteiger partial charge in [0.2, 0.25) is 0 Å². The van der Waals surface area contributed by atoms with Gasteiger partial charge in [0.1, 0.15) is 5.82 Å². The molecule has 0 spiro atoms. The summed E-state index contributed by atoms with van der Waals surface area (Å²) in [5.74, 6) is 0.313. The van der Waals surface area contributed by atoms with E-state index in [0.29, 0.717) is 12.0 Å². The van der Waals surface area contributed by atoms with Gasteiger partial charge in [0, 0.05) is 31.4 Å². The van der Waals surface area contributed by atoms with Crippen molar-refractivity contribution in [2.45, 2.75) is 12.5 Å². The lowest BCUT2D eigenvalue weighted by molar-refractivity contribution is 0.206. The van der Waals surface area contributed by atoms with E-state index in [-0.39, 0.29) is 11.8 Å². The Morgan fingerprint density at radius 1 is 1.12 bits per heavy atom. The third-order valence-corrected chi connectivity index (χ3v) is 4.98. The van der Waals surface area contributed by atoms with Gasteiger partial charge in [0.15, 0.2) is 0 Å². The first-order valence-corrected chi connectivity index (χ1v) is 8.35. The smallest absolute Gasteiger partial charge is 0.320 e. The quantitative estimate of drug-likeness (QED) is 0.890. The van der Waals surface area contributed by atoms with Gasteiger partial charge in [0.25, 0.3) is 0 Å². The lowest BCUT2D eigenvalue weighted by Crippen LogP contribution is -2.41. The van der Waals surface area contributed by atoms with Crippen LogP contribution in [-0.2, 0) is 0 Å². The van der Waals surface area contributed by atoms with Crippen molar-refractivity contribution >= 4 is 11.7 Å². The van der Waals surface area contributed by atoms with Gasteiger partial charge in [-0.2, -0.15) is 0 Å². The molecule has 2 N–H and O–H groups in total. The van der Waals surface area contributed by atoms with Crippen molar-refractivity contribution in [3.05, 3.63) is 54.3 Å². The zero-order valence-corrected chi connectivity index (χ0v) is 13.3. The average Bonchev–Trinajstić information content (AvgIpc) is 3.18. The SMILES string of the molecule is O=C(Nc1cccc(-c2cccc(F)c2)c1)N1CC[C@@H]2CNC[C@@H]21. The summed E-state index contributed by atoms with van der Waals surface area (Å²) in [6.07, 6.45) is 1.06. The summed E-state index contributed by atoms with van der Waals surface area (Å²) in [4.78, 5) is 14.5. The summed E-state index contributed by atoms with van der Waals surface area (Å²) in [7, 11) is 0. The van der Waals surface area contributed by atoms with Crippen molar-refractivity contribution in [1.29, 1.82) is 0 Å². The molecule has 24 heavy (non-hydrogen) atoms. The van der Waals surface area contributed by atoms with Gasteiger partial charge in [0.05, 0.1) is 0 Å². The molecule has 124 valence electrons. The minimum absolute atomic E-state index is 0.0532. The van der Waals surface area contributed by atoms with E-state index in [9.17, 15) is 9.18 Å². The van der Waals surface area contributed by atoms with Gasteiger partial charge in [-0.25, -0.2) is 9.18 Å². The van der Waals surface area contributed by atoms with Crippen LogP contribution in [0.15, 0.2) is 48.5 Å². The lowest BCUT2D eigenvalue weighted by Gasteiger charge is -2.23. The molecule has 5 heteroatoms. The molecule has 2 aromatic carbocycles. The van der Waals surface area contributed by atoms with Crippen molar-refractivity contribution in [3.8, 4) is 11.1 Å². The van der Waals surface area contributed by atoms with Gasteiger partial charge >= 0.3 is 6.03 Å². The van der Waals surface area contributed by atoms with Crippen LogP contribution in [0.4, 0.5) is 14.9 Å². The summed E-state index contributed by atoms with van der Waals surface area (Å²) >= 11 is 0. The maximum absolute atomic E-state index is 13.4. The molecule has 2 aromatic rings. The highest BCUT2D eigenvalue weighted by molar-refractivity contribution is 5.90. The minimum atomic E-state index is -0.265. The van der Waals surface area contributed by atoms with E-state index in [1.807, 2.05) is 35.2 Å². The molecule has 2 amide bonds. The van der Waals surface area contributed by atoms with Crippen LogP contribution in [0.25, 0.3) is 11.1 Å². The molecule has 2 fully saturated rings. The molecule has 0 bridgehead atoms. The van der Waals surface area contributed by atoms with Crippen molar-refractivity contribution in [2.75, 3.05) is 25.0 Å². The summed E-state index contributed by atoms with van der Waals surface area (Å²) in [6, 6.07) is 14.3. The number of nitrogens with one attached hydrogen (secondary N) is 2. The Morgan fingerprint density at radius 2 is 1.92 bits per heavy atom. The number of amides is 2. The van der Waals surface area contributed by atoms with E-state index in [1.54, 1.807) is 6.07 Å². The minimum Gasteiger partial charge on any atom is -0.320 e. The largest absolute Gasteiger partial charge is 0.322 e. The first-order chi connectivity index (χ1) is 11.7. The van der Waals surface area contributed by atoms with Gasteiger partial charge < -0.3 is 15.5 Å². The molecule has 0 unspecified atom stereocenters. The maximum atomic E-state index is 13.4. The Hall–Kier alpha value is -2.40. The molecule has 0 aliphatic carbocycles. The Labute approximate surface area is 140 Å². The highest BCUT2D eigenvalue weighted by Gasteiger charge is 2.39. The molecule has 2 heterocycles. The number of hydrogen-bond acceptors (Lipinski definition) is 2. The van der Waals surface area contributed by atoms with Crippen LogP contribution in [0, 0.1) is 11.7 Å². The number of rotatable bonds is 2. The van der Waals surface area contributed by atoms with Crippen molar-refractivity contribution in [2.24, 2.45) is 5.92 Å². The third-order valence-electron chi connectivity index (χ3n) is 4.98. The highest BCUT2D eigenvalue weighted by atomic mass is 19.1. The molecular weight excluding hydrogens is 305 g/mol. The molecular formula is C19H20FN3O. The van der Waals surface area contributed by atoms with Crippen LogP contribution in [0.2, 0.25) is 0 Å². The Balaban J connectivity index is 1.51. The number of hydrogen-bond donors (Lipinski definition) is 2. The predicted octanol–water partition coefficient (Wildman–Crippen LogP) is 3.32. The monoisotopic (exact) mass is 325 g/mol. The number of carbonyl (C=O) groups is 1. The fraction of sp³-hybridized carbons (Fsp3) is 0.316. The number of benzene rings is 2. The van der Waals surface area contributed by atoms with E-state index >= 15 is 0 Å². The topological polar surface area (TPSA) is 44.4 Å². The molecule has 0 saturated carbocycles. The zero-order valence-electron chi connectivity index (χ0n) is 13.3. The second-order valence-electron chi connectivity index (χ2n) is 6.49. The molecule has 2 atom stereocenters. The van der Waals surface area contributed by atoms with Crippen LogP contribution in [0.1, 0.15) is 6.42 Å². The number of carbonyl (C=O) groups excluding carboxylic acids is 1. The summed E-state index contributed by atoms with van der Waals surface area (Å²) < 4.78 is 13.4. The first-order valence-electron chi connectivity index (χ1n) is 8.35. The normalized spacial score (nSPS) is 22.5. The second-order valence-corrected chi connectivity index (χ2v) is 6.49. The number of halogens is 1. The molecule has 2 saturated heterocycles. The van der Waals surface area contributed by atoms with Crippen molar-refractivity contribution in [1.82, 2.24) is 10.2 Å². The maximum Gasteiger partial charge on any atom is 0.322 e. The standard InChI is InChI=1S/C19H20FN3O/c20-16-5-1-3-13(9-16)14-4-2-6-17(10-14)22-19(24)23-8-7-15-11-21-12-18(15)23/h1-6,9-10,15,18,21H,7-8,11-12H2,(H,22,24)/t15-,18+/m1/s1. The van der Waals surface area contributed by atoms with Gasteiger partial charge in [-0.3, -0.25) is 0 Å². The summed E-state index contributed by atoms with van der Waals surface area (Å²) in [5, 5.41) is 6.34. The fourth-order valence-corrected chi connectivity index (χ4v) is 3.74. The second kappa shape index (κ2) is 6.24. The Kier molecular flexibility index (Phi) is 3.94. The van der Waals surface area contributed by atoms with E-state index in [0.717, 1.165) is 42.9 Å². The van der Waals surface area contributed by atoms with Crippen molar-refractivity contribution < 1.29 is 9.18 Å². The first kappa shape index (κ1) is 15.1. The van der Waals surface area contributed by atoms with E-state index in [4.69, 9.17) is 0 Å². The van der Waals surface area contributed by atoms with Gasteiger partial charge in [-0.15, -0.1) is 0 Å². The average molecular weight is 325 g/mol. The molecule has 4 nitrogen and oxygen atoms in total. The van der Waals surface area contributed by atoms with Crippen LogP contribution >= 0.6 is 0 Å². The number of likely N-dealkylation sites (tertiary alicyclic amines) is 1. The van der Waals surface area contributed by atoms with Crippen molar-refractivity contribution in [3.63, 3.8) is 0 Å². The zero-order chi connectivity index (χ0) is 16.5. The van der Waals surface area contributed by atoms with E-state index in [1.165, 1.54) is 12.1 Å². The number of anilines is 1. The predicted molar refractivity (Wildman–Crippen MR) is 92.3 cm³/mol. The number of nitrogens with zero attached hydrogens (tertiary/aromatic N) is 1. The molecule has 2 aliphatic rings. The fourth-order valence-electron chi connectivity index (χ4n) is 3.74. The van der Waals surface area contributed by atoms with Crippen LogP contribution < -0.4 is 10.6 Å². The van der Waals surface area contributed by atoms with Gasteiger partial charge in [-0.05, 0) is 47.7 Å². The highest BCUT2D eigenvalue weighted by Crippen LogP contribution is 2.28. The number of fused-ring (bicyclic) bond motifs is 1. The summed E-state index contributed by atoms with van der Waals surface area (Å²) in [6.45, 7) is 2.69. The van der Waals surface area contributed by atoms with Gasteiger partial charge in [-0.1, -0.05) is 24.3 Å². The van der Waals surface area contributed by atoms with Crippen LogP contribution in [0.3, 0.4) is 0 Å². The van der Waals surface area contributed by atoms with E-state index < -0.39 is 0 Å². The van der Waals surface area contributed by atoms with Crippen LogP contribution in [-0.4, -0.2) is 36.6 Å². The molecule has 4 rings (SSSR count). The Morgan fingerprint density at radius 3 is 2.75 bits per heavy atom. The Bertz CT molecular complexity index is 764. The molecule has 0 radical (unpaired) electrons. The molecule has 2 aliphatic heterocycles. The van der Waals surface area contributed by atoms with Crippen LogP contribution in [0.5, 0.6) is 0 Å². The van der Waals surface area contributed by atoms with E-state index in [2.05, 4.69) is 10.6 Å². The third kappa shape index (κ3) is 2.87. The lowest BCUT2D eigenvalue weighted by atomic mass is 10.0. The summed E-state index contributed by atoms with van der Waals surface area (Å²) in [5.41, 5.74) is 2.41. The number of urea groups is 1.